The number of fused-ring (bicyclic) bond motifs is 1. The van der Waals surface area contributed by atoms with Crippen LogP contribution in [0.2, 0.25) is 0 Å². The van der Waals surface area contributed by atoms with E-state index in [2.05, 4.69) is 22.2 Å². The normalized spacial score (nSPS) is 10.7. The van der Waals surface area contributed by atoms with Crippen molar-refractivity contribution in [1.82, 2.24) is 9.97 Å². The van der Waals surface area contributed by atoms with Crippen LogP contribution in [-0.4, -0.2) is 14.9 Å². The molecule has 0 saturated carbocycles. The van der Waals surface area contributed by atoms with E-state index in [9.17, 15) is 10.1 Å². The second-order valence-corrected chi connectivity index (χ2v) is 6.39. The monoisotopic (exact) mass is 386 g/mol. The third kappa shape index (κ3) is 3.84. The van der Waals surface area contributed by atoms with Crippen LogP contribution in [0.3, 0.4) is 0 Å². The van der Waals surface area contributed by atoms with Crippen LogP contribution >= 0.6 is 0 Å². The summed E-state index contributed by atoms with van der Waals surface area (Å²) in [4.78, 5) is 19.3. The molecule has 144 valence electrons. The summed E-state index contributed by atoms with van der Waals surface area (Å²) >= 11 is 0. The topological polar surface area (TPSA) is 90.2 Å². The van der Waals surface area contributed by atoms with Crippen LogP contribution in [-0.2, 0) is 6.42 Å². The molecule has 4 aromatic rings. The van der Waals surface area contributed by atoms with Crippen LogP contribution < -0.4 is 10.1 Å². The molecule has 0 bridgehead atoms. The van der Waals surface area contributed by atoms with Crippen LogP contribution in [0.4, 0.5) is 17.2 Å². The molecular formula is C22H18N4O3. The van der Waals surface area contributed by atoms with Gasteiger partial charge in [0, 0.05) is 11.1 Å². The summed E-state index contributed by atoms with van der Waals surface area (Å²) in [5, 5.41) is 16.6. The molecular weight excluding hydrogens is 368 g/mol. The Morgan fingerprint density at radius 3 is 2.52 bits per heavy atom. The second-order valence-electron chi connectivity index (χ2n) is 6.39. The Balaban J connectivity index is 1.72. The third-order valence-corrected chi connectivity index (χ3v) is 4.55. The van der Waals surface area contributed by atoms with Gasteiger partial charge in [-0.2, -0.15) is 4.98 Å². The van der Waals surface area contributed by atoms with Gasteiger partial charge in [-0.05, 0) is 35.6 Å². The lowest BCUT2D eigenvalue weighted by Gasteiger charge is -2.11. The molecule has 1 aromatic heterocycles. The predicted molar refractivity (Wildman–Crippen MR) is 112 cm³/mol. The van der Waals surface area contributed by atoms with E-state index in [1.54, 1.807) is 6.07 Å². The van der Waals surface area contributed by atoms with Crippen molar-refractivity contribution in [3.63, 3.8) is 0 Å². The fourth-order valence-corrected chi connectivity index (χ4v) is 3.04. The molecule has 4 rings (SSSR count). The van der Waals surface area contributed by atoms with E-state index in [-0.39, 0.29) is 17.4 Å². The number of anilines is 2. The van der Waals surface area contributed by atoms with E-state index >= 15 is 0 Å². The summed E-state index contributed by atoms with van der Waals surface area (Å²) in [7, 11) is 0. The highest BCUT2D eigenvalue weighted by molar-refractivity contribution is 5.88. The summed E-state index contributed by atoms with van der Waals surface area (Å²) < 4.78 is 5.87. The zero-order valence-electron chi connectivity index (χ0n) is 15.7. The average molecular weight is 386 g/mol. The van der Waals surface area contributed by atoms with Crippen LogP contribution in [0.5, 0.6) is 11.6 Å². The first-order valence-electron chi connectivity index (χ1n) is 9.16. The van der Waals surface area contributed by atoms with Gasteiger partial charge >= 0.3 is 11.6 Å². The van der Waals surface area contributed by atoms with Gasteiger partial charge in [-0.25, -0.2) is 4.98 Å². The molecule has 7 heteroatoms. The highest BCUT2D eigenvalue weighted by Gasteiger charge is 2.25. The number of rotatable bonds is 6. The van der Waals surface area contributed by atoms with Gasteiger partial charge < -0.3 is 10.1 Å². The number of aryl methyl sites for hydroxylation is 1. The molecule has 0 saturated heterocycles. The van der Waals surface area contributed by atoms with Gasteiger partial charge in [-0.3, -0.25) is 10.1 Å². The summed E-state index contributed by atoms with van der Waals surface area (Å²) in [6, 6.07) is 20.8. The Morgan fingerprint density at radius 2 is 1.76 bits per heavy atom. The predicted octanol–water partition coefficient (Wildman–Crippen LogP) is 5.64. The maximum absolute atomic E-state index is 11.8. The van der Waals surface area contributed by atoms with Crippen LogP contribution in [0, 0.1) is 10.1 Å². The van der Waals surface area contributed by atoms with Crippen molar-refractivity contribution in [3.05, 3.63) is 88.7 Å². The van der Waals surface area contributed by atoms with Crippen molar-refractivity contribution in [1.29, 1.82) is 0 Å². The summed E-state index contributed by atoms with van der Waals surface area (Å²) in [6.07, 6.45) is 2.16. The molecule has 0 amide bonds. The molecule has 0 aliphatic carbocycles. The van der Waals surface area contributed by atoms with E-state index in [1.807, 2.05) is 60.7 Å². The van der Waals surface area contributed by atoms with Crippen molar-refractivity contribution >= 4 is 28.0 Å². The maximum Gasteiger partial charge on any atom is 0.373 e. The van der Waals surface area contributed by atoms with Crippen molar-refractivity contribution in [2.24, 2.45) is 0 Å². The SMILES string of the molecule is CCc1ccc(Nc2ncnc(Oc3cccc4ccccc34)c2[N+](=O)[O-])cc1. The molecule has 0 fully saturated rings. The van der Waals surface area contributed by atoms with Gasteiger partial charge in [-0.15, -0.1) is 0 Å². The van der Waals surface area contributed by atoms with Crippen LogP contribution in [0.1, 0.15) is 12.5 Å². The van der Waals surface area contributed by atoms with Crippen molar-refractivity contribution in [2.45, 2.75) is 13.3 Å². The van der Waals surface area contributed by atoms with E-state index in [0.29, 0.717) is 11.4 Å². The van der Waals surface area contributed by atoms with Gasteiger partial charge in [0.2, 0.25) is 5.82 Å². The van der Waals surface area contributed by atoms with Gasteiger partial charge in [0.05, 0.1) is 4.92 Å². The molecule has 0 radical (unpaired) electrons. The van der Waals surface area contributed by atoms with Crippen LogP contribution in [0.25, 0.3) is 10.8 Å². The number of aromatic nitrogens is 2. The van der Waals surface area contributed by atoms with Gasteiger partial charge in [0.1, 0.15) is 12.1 Å². The zero-order chi connectivity index (χ0) is 20.2. The van der Waals surface area contributed by atoms with E-state index in [1.165, 1.54) is 11.9 Å². The number of nitrogens with one attached hydrogen (secondary N) is 1. The Bertz CT molecular complexity index is 1170. The number of benzene rings is 3. The minimum atomic E-state index is -0.538. The smallest absolute Gasteiger partial charge is 0.373 e. The Kier molecular flexibility index (Phi) is 5.03. The average Bonchev–Trinajstić information content (AvgIpc) is 2.74. The molecule has 0 unspecified atom stereocenters. The highest BCUT2D eigenvalue weighted by atomic mass is 16.6. The van der Waals surface area contributed by atoms with Crippen molar-refractivity contribution in [2.75, 3.05) is 5.32 Å². The van der Waals surface area contributed by atoms with Gasteiger partial charge in [0.25, 0.3) is 0 Å². The Morgan fingerprint density at radius 1 is 1.00 bits per heavy atom. The standard InChI is InChI=1S/C22H18N4O3/c1-2-15-10-12-17(13-11-15)25-21-20(26(27)28)22(24-14-23-21)29-19-9-5-7-16-6-3-4-8-18(16)19/h3-14H,2H2,1H3,(H,23,24,25). The summed E-state index contributed by atoms with van der Waals surface area (Å²) in [6.45, 7) is 2.06. The molecule has 0 atom stereocenters. The zero-order valence-corrected chi connectivity index (χ0v) is 15.7. The Labute approximate surface area is 167 Å². The lowest BCUT2D eigenvalue weighted by molar-refractivity contribution is -0.385. The molecule has 0 spiro atoms. The molecule has 0 aliphatic rings. The molecule has 7 nitrogen and oxygen atoms in total. The first kappa shape index (κ1) is 18.4. The third-order valence-electron chi connectivity index (χ3n) is 4.55. The number of hydrogen-bond acceptors (Lipinski definition) is 6. The number of hydrogen-bond donors (Lipinski definition) is 1. The first-order valence-corrected chi connectivity index (χ1v) is 9.16. The quantitative estimate of drug-likeness (QED) is 0.341. The lowest BCUT2D eigenvalue weighted by atomic mass is 10.1. The molecule has 3 aromatic carbocycles. The first-order chi connectivity index (χ1) is 14.2. The minimum absolute atomic E-state index is 0.0736. The number of nitrogens with zero attached hydrogens (tertiary/aromatic N) is 3. The van der Waals surface area contributed by atoms with Crippen molar-refractivity contribution in [3.8, 4) is 11.6 Å². The fourth-order valence-electron chi connectivity index (χ4n) is 3.04. The van der Waals surface area contributed by atoms with E-state index in [0.717, 1.165) is 17.2 Å². The summed E-state index contributed by atoms with van der Waals surface area (Å²) in [5.74, 6) is 0.446. The van der Waals surface area contributed by atoms with Gasteiger partial charge in [0.15, 0.2) is 0 Å². The molecule has 0 aliphatic heterocycles. The summed E-state index contributed by atoms with van der Waals surface area (Å²) in [5.41, 5.74) is 1.55. The van der Waals surface area contributed by atoms with E-state index < -0.39 is 4.92 Å². The van der Waals surface area contributed by atoms with E-state index in [4.69, 9.17) is 4.74 Å². The fraction of sp³-hybridized carbons (Fsp3) is 0.0909. The lowest BCUT2D eigenvalue weighted by Crippen LogP contribution is -2.03. The number of nitro groups is 1. The maximum atomic E-state index is 11.8. The minimum Gasteiger partial charge on any atom is -0.433 e. The largest absolute Gasteiger partial charge is 0.433 e. The molecule has 1 heterocycles. The molecule has 1 N–H and O–H groups in total. The van der Waals surface area contributed by atoms with Gasteiger partial charge in [-0.1, -0.05) is 55.5 Å². The Hall–Kier alpha value is -4.00. The highest BCUT2D eigenvalue weighted by Crippen LogP contribution is 2.37. The van der Waals surface area contributed by atoms with Crippen LogP contribution in [0.15, 0.2) is 73.1 Å². The molecule has 29 heavy (non-hydrogen) atoms. The second kappa shape index (κ2) is 7.93. The number of ether oxygens (including phenoxy) is 1. The van der Waals surface area contributed by atoms with Crippen molar-refractivity contribution < 1.29 is 9.66 Å².